The maximum atomic E-state index is 13.5. The lowest BCUT2D eigenvalue weighted by atomic mass is 10.1. The Morgan fingerprint density at radius 2 is 1.95 bits per heavy atom. The molecule has 2 rings (SSSR count). The average Bonchev–Trinajstić information content (AvgIpc) is 2.42. The molecule has 0 heterocycles. The Morgan fingerprint density at radius 3 is 2.65 bits per heavy atom. The van der Waals surface area contributed by atoms with Crippen molar-refractivity contribution in [2.24, 2.45) is 0 Å². The Balaban J connectivity index is 2.00. The van der Waals surface area contributed by atoms with E-state index in [0.717, 1.165) is 11.1 Å². The van der Waals surface area contributed by atoms with Crippen LogP contribution in [0.3, 0.4) is 0 Å². The highest BCUT2D eigenvalue weighted by Crippen LogP contribution is 2.15. The Bertz CT molecular complexity index is 623. The van der Waals surface area contributed by atoms with Crippen LogP contribution in [-0.4, -0.2) is 5.71 Å². The zero-order chi connectivity index (χ0) is 14.5. The Hall–Kier alpha value is -2.20. The molecule has 0 atom stereocenters. The van der Waals surface area contributed by atoms with E-state index in [1.54, 1.807) is 25.1 Å². The number of nitrogens with two attached hydrogens (primary N) is 1. The molecular weight excluding hydrogens is 253 g/mol. The van der Waals surface area contributed by atoms with Gasteiger partial charge in [0.25, 0.3) is 0 Å². The summed E-state index contributed by atoms with van der Waals surface area (Å²) in [5.74, 6) is -0.201. The Kier molecular flexibility index (Phi) is 4.48. The maximum Gasteiger partial charge on any atom is 0.127 e. The van der Waals surface area contributed by atoms with Gasteiger partial charge in [0.15, 0.2) is 0 Å². The summed E-state index contributed by atoms with van der Waals surface area (Å²) < 4.78 is 13.5. The summed E-state index contributed by atoms with van der Waals surface area (Å²) in [5.41, 5.74) is 9.28. The van der Waals surface area contributed by atoms with Crippen LogP contribution < -0.4 is 11.1 Å². The van der Waals surface area contributed by atoms with E-state index in [9.17, 15) is 4.39 Å². The standard InChI is InChI=1S/C16H18FN3/c1-11(18)14-8-12(6-7-16(14)19)9-20-10-13-4-2-3-5-15(13)17/h2-8,18,20H,9-10,19H2,1H3. The maximum absolute atomic E-state index is 13.5. The lowest BCUT2D eigenvalue weighted by Gasteiger charge is -2.09. The van der Waals surface area contributed by atoms with E-state index in [-0.39, 0.29) is 5.82 Å². The molecule has 4 heteroatoms. The molecular formula is C16H18FN3. The number of benzene rings is 2. The fraction of sp³-hybridized carbons (Fsp3) is 0.188. The van der Waals surface area contributed by atoms with Crippen molar-refractivity contribution < 1.29 is 4.39 Å². The van der Waals surface area contributed by atoms with Crippen LogP contribution in [0.1, 0.15) is 23.6 Å². The number of halogens is 1. The molecule has 0 bridgehead atoms. The first kappa shape index (κ1) is 14.2. The highest BCUT2D eigenvalue weighted by atomic mass is 19.1. The number of nitrogen functional groups attached to an aromatic ring is 1. The van der Waals surface area contributed by atoms with Gasteiger partial charge in [-0.05, 0) is 30.7 Å². The van der Waals surface area contributed by atoms with E-state index in [1.807, 2.05) is 18.2 Å². The highest BCUT2D eigenvalue weighted by Gasteiger charge is 2.04. The van der Waals surface area contributed by atoms with Gasteiger partial charge in [-0.25, -0.2) is 4.39 Å². The molecule has 4 N–H and O–H groups in total. The number of hydrogen-bond acceptors (Lipinski definition) is 3. The fourth-order valence-corrected chi connectivity index (χ4v) is 2.02. The summed E-state index contributed by atoms with van der Waals surface area (Å²) >= 11 is 0. The second-order valence-electron chi connectivity index (χ2n) is 4.74. The monoisotopic (exact) mass is 271 g/mol. The van der Waals surface area contributed by atoms with Crippen molar-refractivity contribution in [2.75, 3.05) is 5.73 Å². The molecule has 0 saturated carbocycles. The molecule has 104 valence electrons. The molecule has 0 amide bonds. The lowest BCUT2D eigenvalue weighted by molar-refractivity contribution is 0.588. The summed E-state index contributed by atoms with van der Waals surface area (Å²) in [6.07, 6.45) is 0. The lowest BCUT2D eigenvalue weighted by Crippen LogP contribution is -2.14. The molecule has 0 aliphatic heterocycles. The number of hydrogen-bond donors (Lipinski definition) is 3. The van der Waals surface area contributed by atoms with Gasteiger partial charge >= 0.3 is 0 Å². The quantitative estimate of drug-likeness (QED) is 0.578. The zero-order valence-corrected chi connectivity index (χ0v) is 11.4. The molecule has 0 unspecified atom stereocenters. The predicted octanol–water partition coefficient (Wildman–Crippen LogP) is 3.09. The van der Waals surface area contributed by atoms with Gasteiger partial charge in [0.05, 0.1) is 0 Å². The van der Waals surface area contributed by atoms with Crippen LogP contribution in [0.15, 0.2) is 42.5 Å². The van der Waals surface area contributed by atoms with Gasteiger partial charge in [-0.3, -0.25) is 0 Å². The molecule has 0 spiro atoms. The van der Waals surface area contributed by atoms with Crippen LogP contribution in [0, 0.1) is 11.2 Å². The average molecular weight is 271 g/mol. The summed E-state index contributed by atoms with van der Waals surface area (Å²) in [6.45, 7) is 2.78. The molecule has 3 nitrogen and oxygen atoms in total. The highest BCUT2D eigenvalue weighted by molar-refractivity contribution is 6.01. The molecule has 0 aliphatic rings. The number of nitrogens with one attached hydrogen (secondary N) is 2. The first-order chi connectivity index (χ1) is 9.58. The van der Waals surface area contributed by atoms with Gasteiger partial charge in [-0.1, -0.05) is 24.3 Å². The fourth-order valence-electron chi connectivity index (χ4n) is 2.02. The van der Waals surface area contributed by atoms with E-state index in [0.29, 0.717) is 30.1 Å². The third-order valence-electron chi connectivity index (χ3n) is 3.12. The molecule has 0 aromatic heterocycles. The van der Waals surface area contributed by atoms with E-state index < -0.39 is 0 Å². The van der Waals surface area contributed by atoms with Gasteiger partial charge in [-0.15, -0.1) is 0 Å². The minimum absolute atomic E-state index is 0.201. The molecule has 2 aromatic carbocycles. The number of anilines is 1. The van der Waals surface area contributed by atoms with Crippen molar-refractivity contribution >= 4 is 11.4 Å². The van der Waals surface area contributed by atoms with Gasteiger partial charge in [0.1, 0.15) is 5.82 Å². The summed E-state index contributed by atoms with van der Waals surface area (Å²) in [6, 6.07) is 12.3. The smallest absolute Gasteiger partial charge is 0.127 e. The zero-order valence-electron chi connectivity index (χ0n) is 11.4. The molecule has 0 aliphatic carbocycles. The van der Waals surface area contributed by atoms with Crippen LogP contribution in [0.25, 0.3) is 0 Å². The van der Waals surface area contributed by atoms with Crippen LogP contribution >= 0.6 is 0 Å². The Labute approximate surface area is 118 Å². The normalized spacial score (nSPS) is 10.5. The van der Waals surface area contributed by atoms with Crippen LogP contribution in [-0.2, 0) is 13.1 Å². The summed E-state index contributed by atoms with van der Waals surface area (Å²) in [4.78, 5) is 0. The van der Waals surface area contributed by atoms with Gasteiger partial charge in [0, 0.05) is 35.6 Å². The molecule has 0 fully saturated rings. The topological polar surface area (TPSA) is 61.9 Å². The molecule has 0 radical (unpaired) electrons. The SMILES string of the molecule is CC(=N)c1cc(CNCc2ccccc2F)ccc1N. The van der Waals surface area contributed by atoms with Crippen molar-refractivity contribution in [1.29, 1.82) is 5.41 Å². The van der Waals surface area contributed by atoms with Crippen molar-refractivity contribution in [3.05, 3.63) is 65.0 Å². The molecule has 2 aromatic rings. The van der Waals surface area contributed by atoms with E-state index in [2.05, 4.69) is 5.32 Å². The van der Waals surface area contributed by atoms with Crippen molar-refractivity contribution in [1.82, 2.24) is 5.32 Å². The van der Waals surface area contributed by atoms with Crippen LogP contribution in [0.2, 0.25) is 0 Å². The first-order valence-corrected chi connectivity index (χ1v) is 6.46. The van der Waals surface area contributed by atoms with E-state index >= 15 is 0 Å². The Morgan fingerprint density at radius 1 is 1.20 bits per heavy atom. The summed E-state index contributed by atoms with van der Waals surface area (Å²) in [7, 11) is 0. The summed E-state index contributed by atoms with van der Waals surface area (Å²) in [5, 5.41) is 10.9. The minimum atomic E-state index is -0.201. The second-order valence-corrected chi connectivity index (χ2v) is 4.74. The van der Waals surface area contributed by atoms with Crippen LogP contribution in [0.4, 0.5) is 10.1 Å². The number of rotatable bonds is 5. The first-order valence-electron chi connectivity index (χ1n) is 6.46. The third-order valence-corrected chi connectivity index (χ3v) is 3.12. The van der Waals surface area contributed by atoms with E-state index in [1.165, 1.54) is 6.07 Å². The van der Waals surface area contributed by atoms with Gasteiger partial charge < -0.3 is 16.5 Å². The van der Waals surface area contributed by atoms with Crippen molar-refractivity contribution in [2.45, 2.75) is 20.0 Å². The predicted molar refractivity (Wildman–Crippen MR) is 80.3 cm³/mol. The van der Waals surface area contributed by atoms with Gasteiger partial charge in [0.2, 0.25) is 0 Å². The minimum Gasteiger partial charge on any atom is -0.398 e. The molecule has 20 heavy (non-hydrogen) atoms. The third kappa shape index (κ3) is 3.42. The largest absolute Gasteiger partial charge is 0.398 e. The van der Waals surface area contributed by atoms with E-state index in [4.69, 9.17) is 11.1 Å². The van der Waals surface area contributed by atoms with Crippen molar-refractivity contribution in [3.63, 3.8) is 0 Å². The molecule has 0 saturated heterocycles. The second kappa shape index (κ2) is 6.30. The van der Waals surface area contributed by atoms with Crippen LogP contribution in [0.5, 0.6) is 0 Å². The van der Waals surface area contributed by atoms with Gasteiger partial charge in [-0.2, -0.15) is 0 Å². The van der Waals surface area contributed by atoms with Crippen molar-refractivity contribution in [3.8, 4) is 0 Å².